The van der Waals surface area contributed by atoms with E-state index in [-0.39, 0.29) is 11.5 Å². The summed E-state index contributed by atoms with van der Waals surface area (Å²) in [6.45, 7) is 16.6. The fourth-order valence-corrected chi connectivity index (χ4v) is 8.75. The molecule has 1 aliphatic rings. The van der Waals surface area contributed by atoms with Gasteiger partial charge in [-0.15, -0.1) is 0 Å². The van der Waals surface area contributed by atoms with E-state index in [1.165, 1.54) is 77.9 Å². The van der Waals surface area contributed by atoms with Gasteiger partial charge in [-0.05, 0) is 108 Å². The van der Waals surface area contributed by atoms with E-state index in [4.69, 9.17) is 9.47 Å². The zero-order chi connectivity index (χ0) is 37.3. The topological polar surface area (TPSA) is 52.6 Å². The summed E-state index contributed by atoms with van der Waals surface area (Å²) < 4.78 is 11.7. The van der Waals surface area contributed by atoms with Gasteiger partial charge in [0.15, 0.2) is 0 Å². The fraction of sp³-hybridized carbons (Fsp3) is 0.306. The Morgan fingerprint density at radius 1 is 0.717 bits per heavy atom. The highest BCUT2D eigenvalue weighted by Crippen LogP contribution is 2.56. The third-order valence-corrected chi connectivity index (χ3v) is 11.4. The van der Waals surface area contributed by atoms with Crippen molar-refractivity contribution in [2.45, 2.75) is 89.6 Å². The van der Waals surface area contributed by atoms with E-state index in [1.54, 1.807) is 0 Å². The van der Waals surface area contributed by atoms with Gasteiger partial charge in [0.25, 0.3) is 0 Å². The Hall–Kier alpha value is -5.22. The fourth-order valence-electron chi connectivity index (χ4n) is 8.75. The van der Waals surface area contributed by atoms with E-state index in [0.29, 0.717) is 6.61 Å². The van der Waals surface area contributed by atoms with E-state index in [1.807, 2.05) is 0 Å². The van der Waals surface area contributed by atoms with Gasteiger partial charge in [0.05, 0.1) is 12.0 Å². The Bertz CT molecular complexity index is 2320. The number of carbonyl (C=O) groups excluding carboxylic acids is 2. The van der Waals surface area contributed by atoms with Gasteiger partial charge in [0.2, 0.25) is 0 Å². The molecule has 0 spiro atoms. The second-order valence-electron chi connectivity index (χ2n) is 15.7. The van der Waals surface area contributed by atoms with Crippen molar-refractivity contribution in [3.8, 4) is 22.3 Å². The van der Waals surface area contributed by atoms with Crippen LogP contribution in [-0.2, 0) is 29.9 Å². The highest BCUT2D eigenvalue weighted by molar-refractivity contribution is 6.25. The second-order valence-corrected chi connectivity index (χ2v) is 15.7. The van der Waals surface area contributed by atoms with Crippen molar-refractivity contribution in [2.24, 2.45) is 0 Å². The average molecular weight is 703 g/mol. The summed E-state index contributed by atoms with van der Waals surface area (Å²) in [5.41, 5.74) is 7.94. The number of carbonyl (C=O) groups is 2. The van der Waals surface area contributed by atoms with E-state index in [9.17, 15) is 9.59 Å². The lowest BCUT2D eigenvalue weighted by atomic mass is 9.68. The van der Waals surface area contributed by atoms with Crippen LogP contribution in [0.4, 0.5) is 0 Å². The molecule has 270 valence electrons. The SMILES string of the molecule is C=CC(=O)OCCCCCC1(C(CCCC)OC(=O)C=C)c2ccccc2-c2ccc(-c3ccc4ccc5cc(C(C)(C)C)cc6ccc3c4c56)cc21. The second kappa shape index (κ2) is 14.7. The van der Waals surface area contributed by atoms with Crippen LogP contribution in [0, 0.1) is 0 Å². The Morgan fingerprint density at radius 2 is 1.40 bits per heavy atom. The number of hydrogen-bond acceptors (Lipinski definition) is 4. The Labute approximate surface area is 313 Å². The molecule has 2 atom stereocenters. The summed E-state index contributed by atoms with van der Waals surface area (Å²) >= 11 is 0. The number of rotatable bonds is 14. The van der Waals surface area contributed by atoms with Crippen LogP contribution in [0.25, 0.3) is 54.6 Å². The van der Waals surface area contributed by atoms with Crippen LogP contribution in [0.2, 0.25) is 0 Å². The summed E-state index contributed by atoms with van der Waals surface area (Å²) in [6, 6.07) is 33.9. The lowest BCUT2D eigenvalue weighted by Gasteiger charge is -2.39. The van der Waals surface area contributed by atoms with Crippen molar-refractivity contribution in [2.75, 3.05) is 6.61 Å². The van der Waals surface area contributed by atoms with E-state index >= 15 is 0 Å². The van der Waals surface area contributed by atoms with Gasteiger partial charge in [-0.3, -0.25) is 0 Å². The van der Waals surface area contributed by atoms with Gasteiger partial charge >= 0.3 is 11.9 Å². The van der Waals surface area contributed by atoms with E-state index in [0.717, 1.165) is 50.5 Å². The van der Waals surface area contributed by atoms with Gasteiger partial charge in [-0.1, -0.05) is 145 Å². The Balaban J connectivity index is 1.39. The van der Waals surface area contributed by atoms with Crippen LogP contribution in [-0.4, -0.2) is 24.6 Å². The van der Waals surface area contributed by atoms with Crippen LogP contribution in [0.5, 0.6) is 0 Å². The molecule has 0 heterocycles. The molecule has 53 heavy (non-hydrogen) atoms. The number of esters is 2. The molecule has 0 aliphatic heterocycles. The summed E-state index contributed by atoms with van der Waals surface area (Å²) in [5.74, 6) is -0.796. The van der Waals surface area contributed by atoms with Crippen LogP contribution in [0.3, 0.4) is 0 Å². The Morgan fingerprint density at radius 3 is 2.13 bits per heavy atom. The minimum atomic E-state index is -0.569. The molecule has 4 nitrogen and oxygen atoms in total. The molecule has 0 fully saturated rings. The number of ether oxygens (including phenoxy) is 2. The molecule has 1 aliphatic carbocycles. The zero-order valence-electron chi connectivity index (χ0n) is 31.6. The van der Waals surface area contributed by atoms with Crippen LogP contribution in [0.1, 0.15) is 89.3 Å². The van der Waals surface area contributed by atoms with E-state index in [2.05, 4.69) is 132 Å². The molecule has 0 amide bonds. The van der Waals surface area contributed by atoms with Gasteiger partial charge in [0.1, 0.15) is 6.10 Å². The molecule has 0 radical (unpaired) electrons. The highest BCUT2D eigenvalue weighted by atomic mass is 16.5. The number of hydrogen-bond donors (Lipinski definition) is 0. The first-order valence-corrected chi connectivity index (χ1v) is 19.2. The van der Waals surface area contributed by atoms with Crippen molar-refractivity contribution in [1.29, 1.82) is 0 Å². The molecular weight excluding hydrogens is 653 g/mol. The van der Waals surface area contributed by atoms with E-state index < -0.39 is 17.4 Å². The third-order valence-electron chi connectivity index (χ3n) is 11.4. The number of unbranched alkanes of at least 4 members (excludes halogenated alkanes) is 3. The summed E-state index contributed by atoms with van der Waals surface area (Å²) in [6.07, 6.45) is 8.02. The third kappa shape index (κ3) is 6.54. The first-order chi connectivity index (χ1) is 25.6. The van der Waals surface area contributed by atoms with Crippen molar-refractivity contribution in [3.63, 3.8) is 0 Å². The van der Waals surface area contributed by atoms with Crippen molar-refractivity contribution in [1.82, 2.24) is 0 Å². The summed E-state index contributed by atoms with van der Waals surface area (Å²) in [5, 5.41) is 7.63. The van der Waals surface area contributed by atoms with Crippen LogP contribution >= 0.6 is 0 Å². The van der Waals surface area contributed by atoms with Gasteiger partial charge in [-0.2, -0.15) is 0 Å². The predicted molar refractivity (Wildman–Crippen MR) is 220 cm³/mol. The lowest BCUT2D eigenvalue weighted by Crippen LogP contribution is -2.42. The first kappa shape index (κ1) is 36.2. The molecule has 6 aromatic rings. The molecule has 7 rings (SSSR count). The zero-order valence-corrected chi connectivity index (χ0v) is 31.6. The smallest absolute Gasteiger partial charge is 0.330 e. The molecule has 0 saturated carbocycles. The molecular formula is C49H50O4. The number of fused-ring (bicyclic) bond motifs is 3. The molecule has 0 aromatic heterocycles. The minimum Gasteiger partial charge on any atom is -0.463 e. The standard InChI is InChI=1S/C49H50O4/c1-7-10-18-43(53-45(51)9-3)49(27-14-11-15-28-52-44(50)8-2)41-17-13-12-16-38(41)39-25-22-33(31-42(39)49)37-24-21-32-19-20-34-29-36(48(4,5)6)30-35-23-26-40(37)47(32)46(34)35/h8-9,12-13,16-17,19-26,29-31,43H,2-3,7,10-11,14-15,18,27-28H2,1,4-6H3. The number of benzene rings is 6. The molecule has 6 aromatic carbocycles. The van der Waals surface area contributed by atoms with Gasteiger partial charge < -0.3 is 9.47 Å². The normalized spacial score (nSPS) is 15.7. The van der Waals surface area contributed by atoms with Crippen molar-refractivity contribution < 1.29 is 19.1 Å². The molecule has 4 heteroatoms. The molecule has 0 N–H and O–H groups in total. The van der Waals surface area contributed by atoms with Crippen molar-refractivity contribution >= 4 is 44.3 Å². The maximum absolute atomic E-state index is 13.1. The van der Waals surface area contributed by atoms with Crippen LogP contribution in [0.15, 0.2) is 116 Å². The molecule has 0 saturated heterocycles. The largest absolute Gasteiger partial charge is 0.463 e. The predicted octanol–water partition coefficient (Wildman–Crippen LogP) is 12.4. The van der Waals surface area contributed by atoms with Gasteiger partial charge in [0, 0.05) is 12.2 Å². The quantitative estimate of drug-likeness (QED) is 0.0491. The van der Waals surface area contributed by atoms with Crippen molar-refractivity contribution in [3.05, 3.63) is 133 Å². The van der Waals surface area contributed by atoms with Crippen LogP contribution < -0.4 is 0 Å². The Kier molecular flexibility index (Phi) is 10.00. The summed E-state index contributed by atoms with van der Waals surface area (Å²) in [4.78, 5) is 24.8. The summed E-state index contributed by atoms with van der Waals surface area (Å²) in [7, 11) is 0. The maximum atomic E-state index is 13.1. The molecule has 2 unspecified atom stereocenters. The minimum absolute atomic E-state index is 0.0530. The van der Waals surface area contributed by atoms with Gasteiger partial charge in [-0.25, -0.2) is 9.59 Å². The highest BCUT2D eigenvalue weighted by Gasteiger charge is 2.50. The average Bonchev–Trinajstić information content (AvgIpc) is 3.45. The lowest BCUT2D eigenvalue weighted by molar-refractivity contribution is -0.146. The monoisotopic (exact) mass is 702 g/mol. The molecule has 0 bridgehead atoms. The maximum Gasteiger partial charge on any atom is 0.330 e. The first-order valence-electron chi connectivity index (χ1n) is 19.2.